The third kappa shape index (κ3) is 7.09. The number of carbonyl (C=O) groups is 1. The van der Waals surface area contributed by atoms with Crippen LogP contribution in [0.15, 0.2) is 75.9 Å². The molecule has 2 saturated carbocycles. The molecule has 2 unspecified atom stereocenters. The summed E-state index contributed by atoms with van der Waals surface area (Å²) in [7, 11) is 0. The maximum absolute atomic E-state index is 14.5. The SMILES string of the molecule is C[C@H](CCCCC(=O)OCc1ccccc1)[C@H]1CC=C2C3=C(CC[C@@]21C)[C@@]1(C)CC[C@@](O)(C24CCC5=C(CC[C@@]6(C)C5=CC[C@@H]6[C@H](C)CCCC#N)[C@@]2(C)CC[C@@H](O)C4(C)C)C(C)(C)C1CC3. The molecule has 0 heterocycles. The van der Waals surface area contributed by atoms with Crippen LogP contribution in [0.4, 0.5) is 0 Å². The van der Waals surface area contributed by atoms with Crippen LogP contribution in [0.2, 0.25) is 0 Å². The second-order valence-electron chi connectivity index (χ2n) is 26.2. The molecule has 5 heteroatoms. The Balaban J connectivity index is 0.947. The predicted octanol–water partition coefficient (Wildman–Crippen LogP) is 15.3. The summed E-state index contributed by atoms with van der Waals surface area (Å²) in [5, 5.41) is 36.1. The molecule has 0 aliphatic heterocycles. The van der Waals surface area contributed by atoms with E-state index in [0.29, 0.717) is 49.0 Å². The van der Waals surface area contributed by atoms with Crippen LogP contribution < -0.4 is 0 Å². The van der Waals surface area contributed by atoms with E-state index >= 15 is 0 Å². The number of carbonyl (C=O) groups excluding carboxylic acids is 1. The van der Waals surface area contributed by atoms with Gasteiger partial charge in [-0.1, -0.05) is 136 Å². The Morgan fingerprint density at radius 3 is 1.97 bits per heavy atom. The zero-order valence-electron chi connectivity index (χ0n) is 43.7. The summed E-state index contributed by atoms with van der Waals surface area (Å²) in [6, 6.07) is 12.3. The van der Waals surface area contributed by atoms with Crippen molar-refractivity contribution in [3.63, 3.8) is 0 Å². The summed E-state index contributed by atoms with van der Waals surface area (Å²) in [5.41, 5.74) is 8.94. The van der Waals surface area contributed by atoms with Crippen molar-refractivity contribution in [2.75, 3.05) is 0 Å². The second-order valence-corrected chi connectivity index (χ2v) is 26.2. The van der Waals surface area contributed by atoms with E-state index < -0.39 is 22.5 Å². The molecule has 0 amide bonds. The summed E-state index contributed by atoms with van der Waals surface area (Å²) in [5.74, 6) is 2.71. The lowest BCUT2D eigenvalue weighted by Crippen LogP contribution is -2.77. The maximum atomic E-state index is 14.5. The van der Waals surface area contributed by atoms with Gasteiger partial charge in [0.1, 0.15) is 6.61 Å². The molecule has 9 rings (SSSR count). The number of hydrogen-bond acceptors (Lipinski definition) is 5. The Labute approximate surface area is 406 Å². The highest BCUT2D eigenvalue weighted by Gasteiger charge is 2.78. The topological polar surface area (TPSA) is 90.5 Å². The largest absolute Gasteiger partial charge is 0.461 e. The number of hydrogen-bond donors (Lipinski definition) is 2. The van der Waals surface area contributed by atoms with Gasteiger partial charge < -0.3 is 14.9 Å². The standard InChI is InChI=1S/C62H89NO4/c1-41(18-14-15-22-54(65)67-40-43-20-12-11-13-21-43)46-24-26-48-44-23-28-52-55(3,4)62(66,38-37-59(52,9)50(44)30-33-57(46,48)7)61-36-29-45-49-27-25-47(42(2)19-16-17-39-63)58(49,8)34-31-51(45)60(61,10)35-32-53(64)56(61,5)6/h11-13,20-21,26-27,41-42,46-47,52-53,64,66H,14-19,22-25,28-38,40H2,1-10H3/t41-,42-,46-,47-,52?,53-,57-,58-,59-,60-,61?,62+/m1/s1. The van der Waals surface area contributed by atoms with Gasteiger partial charge >= 0.3 is 5.97 Å². The third-order valence-corrected chi connectivity index (χ3v) is 23.0. The van der Waals surface area contributed by atoms with Crippen LogP contribution in [0.25, 0.3) is 0 Å². The van der Waals surface area contributed by atoms with Crippen molar-refractivity contribution in [1.82, 2.24) is 0 Å². The first-order valence-electron chi connectivity index (χ1n) is 27.5. The van der Waals surface area contributed by atoms with Crippen LogP contribution in [-0.4, -0.2) is 27.9 Å². The summed E-state index contributed by atoms with van der Waals surface area (Å²) < 4.78 is 5.58. The minimum Gasteiger partial charge on any atom is -0.461 e. The van der Waals surface area contributed by atoms with Crippen molar-refractivity contribution in [1.29, 1.82) is 5.26 Å². The van der Waals surface area contributed by atoms with Gasteiger partial charge in [0.15, 0.2) is 0 Å². The zero-order valence-corrected chi connectivity index (χ0v) is 43.7. The number of aliphatic hydroxyl groups excluding tert-OH is 1. The minimum atomic E-state index is -0.946. The van der Waals surface area contributed by atoms with E-state index in [1.807, 2.05) is 30.3 Å². The average Bonchev–Trinajstić information content (AvgIpc) is 3.85. The Hall–Kier alpha value is -2.94. The molecule has 1 aromatic carbocycles. The number of nitriles is 1. The molecule has 8 aliphatic rings. The lowest BCUT2D eigenvalue weighted by molar-refractivity contribution is -0.320. The number of benzene rings is 1. The van der Waals surface area contributed by atoms with Crippen molar-refractivity contribution < 1.29 is 19.7 Å². The van der Waals surface area contributed by atoms with Gasteiger partial charge in [0.05, 0.1) is 17.8 Å². The van der Waals surface area contributed by atoms with E-state index in [1.54, 1.807) is 33.4 Å². The van der Waals surface area contributed by atoms with Crippen LogP contribution in [-0.2, 0) is 16.1 Å². The number of esters is 1. The summed E-state index contributed by atoms with van der Waals surface area (Å²) in [6.07, 6.45) is 25.8. The highest BCUT2D eigenvalue weighted by molar-refractivity contribution is 5.69. The second kappa shape index (κ2) is 17.4. The first kappa shape index (κ1) is 49.1. The summed E-state index contributed by atoms with van der Waals surface area (Å²) in [4.78, 5) is 12.6. The fourth-order valence-corrected chi connectivity index (χ4v) is 19.5. The predicted molar refractivity (Wildman–Crippen MR) is 271 cm³/mol. The quantitative estimate of drug-likeness (QED) is 0.152. The molecule has 2 fully saturated rings. The molecule has 0 spiro atoms. The van der Waals surface area contributed by atoms with Crippen LogP contribution in [0.5, 0.6) is 0 Å². The Bertz CT molecular complexity index is 2250. The first-order chi connectivity index (χ1) is 31.7. The van der Waals surface area contributed by atoms with Crippen molar-refractivity contribution >= 4 is 5.97 Å². The van der Waals surface area contributed by atoms with Gasteiger partial charge in [0.25, 0.3) is 0 Å². The van der Waals surface area contributed by atoms with E-state index in [1.165, 1.54) is 12.8 Å². The van der Waals surface area contributed by atoms with Gasteiger partial charge in [0, 0.05) is 18.3 Å². The molecule has 5 nitrogen and oxygen atoms in total. The van der Waals surface area contributed by atoms with Gasteiger partial charge in [-0.15, -0.1) is 0 Å². The number of unbranched alkanes of at least 4 members (excludes halogenated alkanes) is 2. The lowest BCUT2D eigenvalue weighted by atomic mass is 9.29. The highest BCUT2D eigenvalue weighted by Crippen LogP contribution is 2.80. The Morgan fingerprint density at radius 1 is 0.716 bits per heavy atom. The number of ether oxygens (including phenoxy) is 1. The third-order valence-electron chi connectivity index (χ3n) is 23.0. The molecular weight excluding hydrogens is 823 g/mol. The zero-order chi connectivity index (χ0) is 48.0. The number of aliphatic hydroxyl groups is 2. The Kier molecular flexibility index (Phi) is 12.8. The molecular formula is C62H89NO4. The molecule has 1 aromatic rings. The number of nitrogens with zero attached hydrogens (tertiary/aromatic N) is 1. The molecule has 8 aliphatic carbocycles. The number of allylic oxidation sites excluding steroid dienone is 8. The molecule has 12 atom stereocenters. The van der Waals surface area contributed by atoms with Gasteiger partial charge in [0.2, 0.25) is 0 Å². The van der Waals surface area contributed by atoms with E-state index in [0.717, 1.165) is 115 Å². The lowest BCUT2D eigenvalue weighted by Gasteiger charge is -2.76. The van der Waals surface area contributed by atoms with Gasteiger partial charge in [-0.3, -0.25) is 4.79 Å². The van der Waals surface area contributed by atoms with Gasteiger partial charge in [-0.2, -0.15) is 5.26 Å². The molecule has 0 saturated heterocycles. The molecule has 67 heavy (non-hydrogen) atoms. The number of fused-ring (bicyclic) bond motifs is 8. The van der Waals surface area contributed by atoms with Gasteiger partial charge in [-0.25, -0.2) is 0 Å². The van der Waals surface area contributed by atoms with Gasteiger partial charge in [-0.05, 0) is 199 Å². The smallest absolute Gasteiger partial charge is 0.306 e. The van der Waals surface area contributed by atoms with Crippen molar-refractivity contribution in [2.24, 2.45) is 67.5 Å². The molecule has 0 radical (unpaired) electrons. The average molecular weight is 912 g/mol. The molecule has 2 N–H and O–H groups in total. The summed E-state index contributed by atoms with van der Waals surface area (Å²) >= 11 is 0. The van der Waals surface area contributed by atoms with Crippen LogP contribution >= 0.6 is 0 Å². The molecule has 366 valence electrons. The maximum Gasteiger partial charge on any atom is 0.306 e. The fraction of sp³-hybridized carbons (Fsp3) is 0.742. The summed E-state index contributed by atoms with van der Waals surface area (Å²) in [6.45, 7) is 25.3. The van der Waals surface area contributed by atoms with Crippen LogP contribution in [0.1, 0.15) is 210 Å². The molecule has 0 aromatic heterocycles. The van der Waals surface area contributed by atoms with Crippen LogP contribution in [0, 0.1) is 78.8 Å². The Morgan fingerprint density at radius 2 is 1.33 bits per heavy atom. The van der Waals surface area contributed by atoms with Crippen molar-refractivity contribution in [3.8, 4) is 6.07 Å². The van der Waals surface area contributed by atoms with E-state index in [-0.39, 0.29) is 33.0 Å². The van der Waals surface area contributed by atoms with E-state index in [9.17, 15) is 20.3 Å². The van der Waals surface area contributed by atoms with Crippen molar-refractivity contribution in [3.05, 3.63) is 81.5 Å². The highest BCUT2D eigenvalue weighted by atomic mass is 16.5. The normalized spacial score (nSPS) is 40.2. The number of rotatable bonds is 13. The minimum absolute atomic E-state index is 0.0358. The van der Waals surface area contributed by atoms with E-state index in [2.05, 4.69) is 87.5 Å². The fourth-order valence-electron chi connectivity index (χ4n) is 19.5. The monoisotopic (exact) mass is 912 g/mol. The molecule has 0 bridgehead atoms. The van der Waals surface area contributed by atoms with Crippen LogP contribution in [0.3, 0.4) is 0 Å². The first-order valence-corrected chi connectivity index (χ1v) is 27.5. The van der Waals surface area contributed by atoms with E-state index in [4.69, 9.17) is 4.74 Å². The van der Waals surface area contributed by atoms with Crippen molar-refractivity contribution in [2.45, 2.75) is 222 Å².